The SMILES string of the molecule is Cc1ccc([C@H](C(=O)NCCC(C)C)N(C(=O)c2snc(C(N)=O)c2N)c2ccccc2F)cc1. The number of anilines is 2. The van der Waals surface area contributed by atoms with Crippen molar-refractivity contribution in [2.24, 2.45) is 11.7 Å². The summed E-state index contributed by atoms with van der Waals surface area (Å²) in [5, 5.41) is 2.87. The Morgan fingerprint density at radius 3 is 2.34 bits per heavy atom. The highest BCUT2D eigenvalue weighted by Gasteiger charge is 2.37. The third kappa shape index (κ3) is 5.83. The van der Waals surface area contributed by atoms with Crippen LogP contribution < -0.4 is 21.7 Å². The minimum absolute atomic E-state index is 0.115. The summed E-state index contributed by atoms with van der Waals surface area (Å²) in [6.07, 6.45) is 0.726. The van der Waals surface area contributed by atoms with Crippen molar-refractivity contribution in [3.05, 3.63) is 76.0 Å². The van der Waals surface area contributed by atoms with Crippen LogP contribution in [0.25, 0.3) is 0 Å². The van der Waals surface area contributed by atoms with E-state index in [0.717, 1.165) is 16.9 Å². The van der Waals surface area contributed by atoms with Crippen molar-refractivity contribution < 1.29 is 18.8 Å². The number of amides is 3. The smallest absolute Gasteiger partial charge is 0.273 e. The number of carbonyl (C=O) groups is 3. The fourth-order valence-corrected chi connectivity index (χ4v) is 4.24. The third-order valence-corrected chi connectivity index (χ3v) is 6.26. The Morgan fingerprint density at radius 1 is 1.11 bits per heavy atom. The first-order chi connectivity index (χ1) is 16.6. The van der Waals surface area contributed by atoms with E-state index < -0.39 is 29.6 Å². The van der Waals surface area contributed by atoms with E-state index >= 15 is 4.39 Å². The molecule has 0 spiro atoms. The average molecular weight is 498 g/mol. The van der Waals surface area contributed by atoms with E-state index in [1.54, 1.807) is 30.3 Å². The van der Waals surface area contributed by atoms with Gasteiger partial charge < -0.3 is 16.8 Å². The number of hydrogen-bond acceptors (Lipinski definition) is 6. The standard InChI is InChI=1S/C25H28FN5O3S/c1-14(2)12-13-29-24(33)21(16-10-8-15(3)9-11-16)31(18-7-5-4-6-17(18)26)25(34)22-19(27)20(23(28)32)30-35-22/h4-11,14,21H,12-13,27H2,1-3H3,(H2,28,32)(H,29,33)/t21-/m1/s1. The van der Waals surface area contributed by atoms with E-state index in [1.807, 2.05) is 20.8 Å². The predicted molar refractivity (Wildman–Crippen MR) is 135 cm³/mol. The second-order valence-corrected chi connectivity index (χ2v) is 9.32. The predicted octanol–water partition coefficient (Wildman–Crippen LogP) is 3.82. The van der Waals surface area contributed by atoms with Crippen LogP contribution in [0, 0.1) is 18.7 Å². The van der Waals surface area contributed by atoms with E-state index in [4.69, 9.17) is 11.5 Å². The molecule has 0 aliphatic heterocycles. The van der Waals surface area contributed by atoms with Gasteiger partial charge in [0.25, 0.3) is 11.8 Å². The van der Waals surface area contributed by atoms with Gasteiger partial charge in [-0.3, -0.25) is 19.3 Å². The highest BCUT2D eigenvalue weighted by Crippen LogP contribution is 2.34. The van der Waals surface area contributed by atoms with Crippen LogP contribution in [-0.2, 0) is 4.79 Å². The number of halogens is 1. The Morgan fingerprint density at radius 2 is 1.77 bits per heavy atom. The molecule has 5 N–H and O–H groups in total. The van der Waals surface area contributed by atoms with E-state index in [1.165, 1.54) is 18.2 Å². The number of hydrogen-bond donors (Lipinski definition) is 3. The number of aromatic nitrogens is 1. The number of nitrogens with zero attached hydrogens (tertiary/aromatic N) is 2. The lowest BCUT2D eigenvalue weighted by Crippen LogP contribution is -2.44. The minimum Gasteiger partial charge on any atom is -0.395 e. The van der Waals surface area contributed by atoms with Crippen LogP contribution in [-0.4, -0.2) is 28.6 Å². The number of nitrogen functional groups attached to an aromatic ring is 1. The molecule has 0 bridgehead atoms. The molecule has 0 aliphatic carbocycles. The lowest BCUT2D eigenvalue weighted by Gasteiger charge is -2.31. The first-order valence-corrected chi connectivity index (χ1v) is 11.9. The molecule has 1 heterocycles. The molecule has 0 saturated heterocycles. The van der Waals surface area contributed by atoms with Crippen molar-refractivity contribution in [2.45, 2.75) is 33.2 Å². The molecule has 1 aromatic heterocycles. The van der Waals surface area contributed by atoms with Crippen LogP contribution in [0.3, 0.4) is 0 Å². The summed E-state index contributed by atoms with van der Waals surface area (Å²) in [5.41, 5.74) is 12.2. The molecular formula is C25H28FN5O3S. The summed E-state index contributed by atoms with van der Waals surface area (Å²) in [6, 6.07) is 11.5. The van der Waals surface area contributed by atoms with E-state index in [-0.39, 0.29) is 21.9 Å². The monoisotopic (exact) mass is 497 g/mol. The van der Waals surface area contributed by atoms with Gasteiger partial charge >= 0.3 is 0 Å². The molecular weight excluding hydrogens is 469 g/mol. The van der Waals surface area contributed by atoms with Crippen molar-refractivity contribution in [3.63, 3.8) is 0 Å². The normalized spacial score (nSPS) is 11.8. The van der Waals surface area contributed by atoms with Crippen molar-refractivity contribution in [1.82, 2.24) is 9.69 Å². The van der Waals surface area contributed by atoms with Crippen molar-refractivity contribution in [2.75, 3.05) is 17.2 Å². The zero-order valence-corrected chi connectivity index (χ0v) is 20.6. The Hall–Kier alpha value is -3.79. The maximum Gasteiger partial charge on any atom is 0.273 e. The molecule has 35 heavy (non-hydrogen) atoms. The summed E-state index contributed by atoms with van der Waals surface area (Å²) >= 11 is 0.669. The molecule has 0 aliphatic rings. The topological polar surface area (TPSA) is 131 Å². The quantitative estimate of drug-likeness (QED) is 0.414. The molecule has 3 amide bonds. The number of rotatable bonds is 9. The Kier molecular flexibility index (Phi) is 8.18. The molecule has 184 valence electrons. The van der Waals surface area contributed by atoms with Crippen molar-refractivity contribution >= 4 is 40.6 Å². The fraction of sp³-hybridized carbons (Fsp3) is 0.280. The number of carbonyl (C=O) groups excluding carboxylic acids is 3. The summed E-state index contributed by atoms with van der Waals surface area (Å²) in [6.45, 7) is 6.33. The van der Waals surface area contributed by atoms with Gasteiger partial charge in [0.2, 0.25) is 5.91 Å². The highest BCUT2D eigenvalue weighted by molar-refractivity contribution is 7.09. The van der Waals surface area contributed by atoms with Gasteiger partial charge in [0.05, 0.1) is 11.4 Å². The fourth-order valence-electron chi connectivity index (χ4n) is 3.50. The van der Waals surface area contributed by atoms with Crippen LogP contribution in [0.5, 0.6) is 0 Å². The zero-order chi connectivity index (χ0) is 25.7. The van der Waals surface area contributed by atoms with Gasteiger partial charge in [0.1, 0.15) is 16.7 Å². The number of para-hydroxylation sites is 1. The number of benzene rings is 2. The molecule has 8 nitrogen and oxygen atoms in total. The zero-order valence-electron chi connectivity index (χ0n) is 19.7. The number of nitrogens with two attached hydrogens (primary N) is 2. The van der Waals surface area contributed by atoms with Crippen LogP contribution in [0.15, 0.2) is 48.5 Å². The maximum absolute atomic E-state index is 15.1. The summed E-state index contributed by atoms with van der Waals surface area (Å²) in [7, 11) is 0. The Bertz CT molecular complexity index is 1230. The van der Waals surface area contributed by atoms with Crippen LogP contribution in [0.2, 0.25) is 0 Å². The summed E-state index contributed by atoms with van der Waals surface area (Å²) in [5.74, 6) is -2.50. The number of nitrogens with one attached hydrogen (secondary N) is 1. The van der Waals surface area contributed by atoms with Crippen LogP contribution in [0.4, 0.5) is 15.8 Å². The molecule has 3 aromatic rings. The molecule has 2 aromatic carbocycles. The van der Waals surface area contributed by atoms with Gasteiger partial charge in [-0.05, 0) is 48.5 Å². The Balaban J connectivity index is 2.17. The maximum atomic E-state index is 15.1. The molecule has 0 unspecified atom stereocenters. The van der Waals surface area contributed by atoms with Gasteiger partial charge in [0.15, 0.2) is 5.69 Å². The molecule has 0 saturated carbocycles. The highest BCUT2D eigenvalue weighted by atomic mass is 32.1. The molecule has 0 radical (unpaired) electrons. The second kappa shape index (κ2) is 11.1. The largest absolute Gasteiger partial charge is 0.395 e. The lowest BCUT2D eigenvalue weighted by atomic mass is 10.0. The summed E-state index contributed by atoms with van der Waals surface area (Å²) in [4.78, 5) is 40.0. The van der Waals surface area contributed by atoms with E-state index in [9.17, 15) is 14.4 Å². The van der Waals surface area contributed by atoms with E-state index in [0.29, 0.717) is 29.6 Å². The van der Waals surface area contributed by atoms with Crippen LogP contribution in [0.1, 0.15) is 57.6 Å². The van der Waals surface area contributed by atoms with Gasteiger partial charge in [-0.25, -0.2) is 4.39 Å². The third-order valence-electron chi connectivity index (χ3n) is 5.41. The van der Waals surface area contributed by atoms with Crippen molar-refractivity contribution in [3.8, 4) is 0 Å². The number of primary amides is 1. The van der Waals surface area contributed by atoms with Gasteiger partial charge in [-0.1, -0.05) is 55.8 Å². The Labute approximate surface area is 207 Å². The van der Waals surface area contributed by atoms with Gasteiger partial charge in [-0.2, -0.15) is 4.37 Å². The first-order valence-electron chi connectivity index (χ1n) is 11.1. The molecule has 10 heteroatoms. The first kappa shape index (κ1) is 25.8. The van der Waals surface area contributed by atoms with E-state index in [2.05, 4.69) is 9.69 Å². The molecule has 0 fully saturated rings. The number of aryl methyl sites for hydroxylation is 1. The second-order valence-electron chi connectivity index (χ2n) is 8.55. The summed E-state index contributed by atoms with van der Waals surface area (Å²) < 4.78 is 19.0. The molecule has 3 rings (SSSR count). The van der Waals surface area contributed by atoms with Gasteiger partial charge in [-0.15, -0.1) is 0 Å². The average Bonchev–Trinajstić information content (AvgIpc) is 3.20. The van der Waals surface area contributed by atoms with Crippen LogP contribution >= 0.6 is 11.5 Å². The molecule has 1 atom stereocenters. The minimum atomic E-state index is -1.22. The lowest BCUT2D eigenvalue weighted by molar-refractivity contribution is -0.122. The van der Waals surface area contributed by atoms with Gasteiger partial charge in [0, 0.05) is 6.54 Å². The van der Waals surface area contributed by atoms with Crippen molar-refractivity contribution in [1.29, 1.82) is 0 Å².